The lowest BCUT2D eigenvalue weighted by atomic mass is 10.0. The van der Waals surface area contributed by atoms with Crippen molar-refractivity contribution in [1.82, 2.24) is 15.5 Å². The number of hydrogen-bond donors (Lipinski definition) is 3. The third kappa shape index (κ3) is 3.22. The van der Waals surface area contributed by atoms with Crippen LogP contribution in [-0.2, 0) is 16.1 Å². The Morgan fingerprint density at radius 1 is 1.46 bits per heavy atom. The number of nitrogens with one attached hydrogen (secondary N) is 2. The molecule has 130 valence electrons. The van der Waals surface area contributed by atoms with E-state index in [-0.39, 0.29) is 17.9 Å². The van der Waals surface area contributed by atoms with Crippen LogP contribution in [0.3, 0.4) is 0 Å². The van der Waals surface area contributed by atoms with Gasteiger partial charge in [0.05, 0.1) is 13.2 Å². The zero-order valence-electron chi connectivity index (χ0n) is 13.9. The van der Waals surface area contributed by atoms with Gasteiger partial charge in [-0.2, -0.15) is 0 Å². The molecule has 0 spiro atoms. The molecule has 0 unspecified atom stereocenters. The molecule has 24 heavy (non-hydrogen) atoms. The fourth-order valence-corrected chi connectivity index (χ4v) is 3.34. The van der Waals surface area contributed by atoms with Gasteiger partial charge in [-0.1, -0.05) is 12.1 Å². The van der Waals surface area contributed by atoms with E-state index >= 15 is 0 Å². The highest BCUT2D eigenvalue weighted by Gasteiger charge is 2.47. The second-order valence-electron chi connectivity index (χ2n) is 6.40. The average molecular weight is 333 g/mol. The SMILES string of the molecule is COc1cccc(CN[C@H]2C[C@H]3C(=O)N[C@H]([C@H](C)O)C(=O)N3C2)c1. The first kappa shape index (κ1) is 16.7. The summed E-state index contributed by atoms with van der Waals surface area (Å²) in [6.45, 7) is 2.62. The third-order valence-electron chi connectivity index (χ3n) is 4.66. The number of hydrogen-bond acceptors (Lipinski definition) is 5. The number of methoxy groups -OCH3 is 1. The van der Waals surface area contributed by atoms with E-state index < -0.39 is 18.2 Å². The molecule has 7 nitrogen and oxygen atoms in total. The molecular weight excluding hydrogens is 310 g/mol. The maximum absolute atomic E-state index is 12.4. The van der Waals surface area contributed by atoms with Gasteiger partial charge in [-0.15, -0.1) is 0 Å². The van der Waals surface area contributed by atoms with Gasteiger partial charge in [-0.25, -0.2) is 0 Å². The summed E-state index contributed by atoms with van der Waals surface area (Å²) in [5.74, 6) is 0.402. The topological polar surface area (TPSA) is 90.9 Å². The zero-order valence-corrected chi connectivity index (χ0v) is 13.9. The largest absolute Gasteiger partial charge is 0.497 e. The van der Waals surface area contributed by atoms with E-state index in [1.54, 1.807) is 12.0 Å². The van der Waals surface area contributed by atoms with Crippen LogP contribution in [0, 0.1) is 0 Å². The summed E-state index contributed by atoms with van der Waals surface area (Å²) >= 11 is 0. The molecule has 3 N–H and O–H groups in total. The molecule has 0 bridgehead atoms. The van der Waals surface area contributed by atoms with Crippen LogP contribution in [0.25, 0.3) is 0 Å². The Hall–Kier alpha value is -2.12. The second kappa shape index (κ2) is 6.78. The van der Waals surface area contributed by atoms with Crippen molar-refractivity contribution >= 4 is 11.8 Å². The van der Waals surface area contributed by atoms with Crippen molar-refractivity contribution in [3.05, 3.63) is 29.8 Å². The Kier molecular flexibility index (Phi) is 4.73. The van der Waals surface area contributed by atoms with Gasteiger partial charge in [0, 0.05) is 19.1 Å². The molecule has 0 saturated carbocycles. The number of amides is 2. The normalized spacial score (nSPS) is 27.6. The van der Waals surface area contributed by atoms with Crippen LogP contribution in [0.2, 0.25) is 0 Å². The van der Waals surface area contributed by atoms with Gasteiger partial charge >= 0.3 is 0 Å². The summed E-state index contributed by atoms with van der Waals surface area (Å²) in [4.78, 5) is 26.2. The Labute approximate surface area is 141 Å². The van der Waals surface area contributed by atoms with Crippen LogP contribution in [0.4, 0.5) is 0 Å². The summed E-state index contributed by atoms with van der Waals surface area (Å²) in [7, 11) is 1.63. The minimum absolute atomic E-state index is 0.0450. The molecule has 2 heterocycles. The van der Waals surface area contributed by atoms with Gasteiger partial charge in [0.2, 0.25) is 11.8 Å². The molecule has 0 aromatic heterocycles. The fourth-order valence-electron chi connectivity index (χ4n) is 3.34. The smallest absolute Gasteiger partial charge is 0.248 e. The van der Waals surface area contributed by atoms with E-state index in [0.29, 0.717) is 19.5 Å². The Morgan fingerprint density at radius 2 is 2.25 bits per heavy atom. The minimum Gasteiger partial charge on any atom is -0.497 e. The molecule has 4 atom stereocenters. The van der Waals surface area contributed by atoms with Crippen molar-refractivity contribution in [3.63, 3.8) is 0 Å². The molecule has 2 saturated heterocycles. The number of benzene rings is 1. The van der Waals surface area contributed by atoms with Crippen LogP contribution in [0.1, 0.15) is 18.9 Å². The lowest BCUT2D eigenvalue weighted by Crippen LogP contribution is -2.64. The minimum atomic E-state index is -0.897. The Bertz CT molecular complexity index is 634. The Balaban J connectivity index is 1.62. The predicted molar refractivity (Wildman–Crippen MR) is 87.4 cm³/mol. The molecule has 0 aliphatic carbocycles. The van der Waals surface area contributed by atoms with E-state index in [9.17, 15) is 14.7 Å². The number of aliphatic hydroxyl groups is 1. The molecule has 2 aliphatic rings. The van der Waals surface area contributed by atoms with E-state index in [1.807, 2.05) is 24.3 Å². The number of carbonyl (C=O) groups excluding carboxylic acids is 2. The molecule has 1 aromatic carbocycles. The van der Waals surface area contributed by atoms with E-state index in [1.165, 1.54) is 6.92 Å². The standard InChI is InChI=1S/C17H23N3O4/c1-10(21)15-17(23)20-9-12(7-14(20)16(22)19-15)18-8-11-4-3-5-13(6-11)24-2/h3-6,10,12,14-15,18,21H,7-9H2,1-2H3,(H,19,22)/t10-,12-,14-,15+/m0/s1. The number of piperazine rings is 1. The van der Waals surface area contributed by atoms with Crippen molar-refractivity contribution < 1.29 is 19.4 Å². The lowest BCUT2D eigenvalue weighted by Gasteiger charge is -2.35. The highest BCUT2D eigenvalue weighted by molar-refractivity contribution is 5.97. The molecule has 2 aliphatic heterocycles. The van der Waals surface area contributed by atoms with Crippen LogP contribution in [-0.4, -0.2) is 59.7 Å². The lowest BCUT2D eigenvalue weighted by molar-refractivity contribution is -0.149. The van der Waals surface area contributed by atoms with Crippen molar-refractivity contribution in [2.45, 2.75) is 44.1 Å². The average Bonchev–Trinajstić information content (AvgIpc) is 3.01. The first-order valence-corrected chi connectivity index (χ1v) is 8.15. The fraction of sp³-hybridized carbons (Fsp3) is 0.529. The van der Waals surface area contributed by atoms with E-state index in [4.69, 9.17) is 4.74 Å². The summed E-state index contributed by atoms with van der Waals surface area (Å²) in [5, 5.41) is 15.7. The molecule has 0 radical (unpaired) electrons. The van der Waals surface area contributed by atoms with Crippen molar-refractivity contribution in [2.75, 3.05) is 13.7 Å². The van der Waals surface area contributed by atoms with Crippen LogP contribution in [0.15, 0.2) is 24.3 Å². The number of carbonyl (C=O) groups is 2. The van der Waals surface area contributed by atoms with Gasteiger partial charge in [-0.05, 0) is 31.0 Å². The van der Waals surface area contributed by atoms with Gasteiger partial charge in [0.25, 0.3) is 0 Å². The van der Waals surface area contributed by atoms with Crippen LogP contribution < -0.4 is 15.4 Å². The van der Waals surface area contributed by atoms with E-state index in [0.717, 1.165) is 11.3 Å². The maximum Gasteiger partial charge on any atom is 0.248 e. The summed E-state index contributed by atoms with van der Waals surface area (Å²) in [5.41, 5.74) is 1.08. The highest BCUT2D eigenvalue weighted by atomic mass is 16.5. The van der Waals surface area contributed by atoms with Gasteiger partial charge in [0.1, 0.15) is 17.8 Å². The predicted octanol–water partition coefficient (Wildman–Crippen LogP) is -0.366. The van der Waals surface area contributed by atoms with Crippen molar-refractivity contribution in [1.29, 1.82) is 0 Å². The number of nitrogens with zero attached hydrogens (tertiary/aromatic N) is 1. The number of aliphatic hydroxyl groups excluding tert-OH is 1. The number of ether oxygens (including phenoxy) is 1. The summed E-state index contributed by atoms with van der Waals surface area (Å²) < 4.78 is 5.21. The number of fused-ring (bicyclic) bond motifs is 1. The Morgan fingerprint density at radius 3 is 2.96 bits per heavy atom. The van der Waals surface area contributed by atoms with Crippen LogP contribution in [0.5, 0.6) is 5.75 Å². The first-order chi connectivity index (χ1) is 11.5. The van der Waals surface area contributed by atoms with Crippen LogP contribution >= 0.6 is 0 Å². The third-order valence-corrected chi connectivity index (χ3v) is 4.66. The van der Waals surface area contributed by atoms with Crippen molar-refractivity contribution in [3.8, 4) is 5.75 Å². The van der Waals surface area contributed by atoms with Gasteiger partial charge in [-0.3, -0.25) is 9.59 Å². The summed E-state index contributed by atoms with van der Waals surface area (Å²) in [6.07, 6.45) is -0.320. The monoisotopic (exact) mass is 333 g/mol. The number of rotatable bonds is 5. The van der Waals surface area contributed by atoms with Gasteiger partial charge in [0.15, 0.2) is 0 Å². The molecule has 7 heteroatoms. The first-order valence-electron chi connectivity index (χ1n) is 8.15. The zero-order chi connectivity index (χ0) is 17.3. The molecular formula is C17H23N3O4. The second-order valence-corrected chi connectivity index (χ2v) is 6.40. The van der Waals surface area contributed by atoms with Gasteiger partial charge < -0.3 is 25.4 Å². The summed E-state index contributed by atoms with van der Waals surface area (Å²) in [6, 6.07) is 6.52. The molecule has 3 rings (SSSR count). The maximum atomic E-state index is 12.4. The van der Waals surface area contributed by atoms with Crippen molar-refractivity contribution in [2.24, 2.45) is 0 Å². The molecule has 1 aromatic rings. The van der Waals surface area contributed by atoms with E-state index in [2.05, 4.69) is 10.6 Å². The quantitative estimate of drug-likeness (QED) is 0.684. The molecule has 2 amide bonds. The molecule has 2 fully saturated rings. The highest BCUT2D eigenvalue weighted by Crippen LogP contribution is 2.24.